The number of anilines is 1. The summed E-state index contributed by atoms with van der Waals surface area (Å²) >= 11 is 0. The number of piperidine rings is 1. The van der Waals surface area contributed by atoms with Crippen LogP contribution >= 0.6 is 0 Å². The van der Waals surface area contributed by atoms with Crippen molar-refractivity contribution in [3.05, 3.63) is 59.2 Å². The molecule has 35 heavy (non-hydrogen) atoms. The van der Waals surface area contributed by atoms with Gasteiger partial charge in [0.25, 0.3) is 5.91 Å². The van der Waals surface area contributed by atoms with Crippen LogP contribution in [0.4, 0.5) is 10.5 Å². The molecular formula is C28H36N4O3. The highest BCUT2D eigenvalue weighted by atomic mass is 16.5. The smallest absolute Gasteiger partial charge is 0.327 e. The van der Waals surface area contributed by atoms with Gasteiger partial charge in [0.1, 0.15) is 11.3 Å². The first-order valence-electron chi connectivity index (χ1n) is 12.7. The van der Waals surface area contributed by atoms with Crippen LogP contribution in [0, 0.1) is 0 Å². The van der Waals surface area contributed by atoms with Gasteiger partial charge in [0.05, 0.1) is 7.11 Å². The molecule has 0 radical (unpaired) electrons. The van der Waals surface area contributed by atoms with Crippen LogP contribution in [0.3, 0.4) is 0 Å². The maximum absolute atomic E-state index is 13.3. The first-order valence-corrected chi connectivity index (χ1v) is 12.7. The van der Waals surface area contributed by atoms with Crippen LogP contribution in [0.15, 0.2) is 42.5 Å². The number of fused-ring (bicyclic) bond motifs is 1. The van der Waals surface area contributed by atoms with Gasteiger partial charge in [-0.1, -0.05) is 24.3 Å². The number of carbonyl (C=O) groups excluding carboxylic acids is 2. The lowest BCUT2D eigenvalue weighted by molar-refractivity contribution is -0.134. The molecule has 3 aliphatic heterocycles. The predicted octanol–water partition coefficient (Wildman–Crippen LogP) is 3.55. The lowest BCUT2D eigenvalue weighted by Crippen LogP contribution is -2.56. The number of aryl methyl sites for hydroxylation is 1. The second-order valence-electron chi connectivity index (χ2n) is 10.2. The van der Waals surface area contributed by atoms with Crippen molar-refractivity contribution in [3.8, 4) is 5.75 Å². The summed E-state index contributed by atoms with van der Waals surface area (Å²) in [5.41, 5.74) is 4.53. The number of nitrogens with zero attached hydrogens (tertiary/aromatic N) is 4. The van der Waals surface area contributed by atoms with Crippen LogP contribution in [0.25, 0.3) is 0 Å². The molecule has 3 heterocycles. The van der Waals surface area contributed by atoms with Crippen LogP contribution in [0.2, 0.25) is 0 Å². The molecule has 186 valence electrons. The van der Waals surface area contributed by atoms with Crippen LogP contribution < -0.4 is 9.64 Å². The van der Waals surface area contributed by atoms with E-state index in [0.29, 0.717) is 25.8 Å². The Balaban J connectivity index is 1.25. The fraction of sp³-hybridized carbons (Fsp3) is 0.500. The van der Waals surface area contributed by atoms with Gasteiger partial charge >= 0.3 is 6.03 Å². The number of carbonyl (C=O) groups is 2. The normalized spacial score (nSPS) is 20.0. The third-order valence-corrected chi connectivity index (χ3v) is 8.10. The standard InChI is InChI=1S/C28H36N4O3/c1-29-15-4-5-23-19-22(8-11-25(23)29)20-31-17-13-28(14-18-31)26(33)30(2)27(34)32(28)16-12-21-6-9-24(35-3)10-7-21/h6-11,19H,4-5,12-18,20H2,1-3H3. The average molecular weight is 477 g/mol. The summed E-state index contributed by atoms with van der Waals surface area (Å²) in [6.45, 7) is 4.17. The molecule has 0 unspecified atom stereocenters. The molecule has 5 rings (SSSR count). The van der Waals surface area contributed by atoms with Crippen LogP contribution in [0.1, 0.15) is 36.0 Å². The second-order valence-corrected chi connectivity index (χ2v) is 10.2. The van der Waals surface area contributed by atoms with Crippen molar-refractivity contribution in [1.29, 1.82) is 0 Å². The Morgan fingerprint density at radius 1 is 0.943 bits per heavy atom. The van der Waals surface area contributed by atoms with E-state index in [9.17, 15) is 9.59 Å². The van der Waals surface area contributed by atoms with Crippen molar-refractivity contribution in [2.45, 2.75) is 44.2 Å². The third-order valence-electron chi connectivity index (χ3n) is 8.10. The molecule has 3 amide bonds. The Labute approximate surface area is 208 Å². The van der Waals surface area contributed by atoms with Crippen LogP contribution in [-0.4, -0.2) is 79.6 Å². The number of amides is 3. The number of rotatable bonds is 6. The van der Waals surface area contributed by atoms with E-state index in [2.05, 4.69) is 35.0 Å². The highest BCUT2D eigenvalue weighted by Crippen LogP contribution is 2.37. The summed E-state index contributed by atoms with van der Waals surface area (Å²) in [5, 5.41) is 0. The van der Waals surface area contributed by atoms with Crippen molar-refractivity contribution in [2.24, 2.45) is 0 Å². The van der Waals surface area contributed by atoms with Gasteiger partial charge in [-0.2, -0.15) is 0 Å². The topological polar surface area (TPSA) is 56.3 Å². The van der Waals surface area contributed by atoms with E-state index in [1.165, 1.54) is 28.1 Å². The highest BCUT2D eigenvalue weighted by molar-refractivity contribution is 6.06. The molecule has 1 spiro atoms. The number of methoxy groups -OCH3 is 1. The molecule has 0 saturated carbocycles. The average Bonchev–Trinajstić information content (AvgIpc) is 3.05. The number of urea groups is 1. The number of ether oxygens (including phenoxy) is 1. The molecule has 2 fully saturated rings. The van der Waals surface area contributed by atoms with Crippen LogP contribution in [-0.2, 0) is 24.2 Å². The molecule has 0 aliphatic carbocycles. The first-order chi connectivity index (χ1) is 16.9. The number of likely N-dealkylation sites (tertiary alicyclic amines) is 1. The zero-order valence-corrected chi connectivity index (χ0v) is 21.1. The Morgan fingerprint density at radius 2 is 1.66 bits per heavy atom. The van der Waals surface area contributed by atoms with Gasteiger partial charge < -0.3 is 14.5 Å². The molecule has 7 nitrogen and oxygen atoms in total. The van der Waals surface area contributed by atoms with Gasteiger partial charge in [0.15, 0.2) is 0 Å². The zero-order valence-electron chi connectivity index (χ0n) is 21.1. The zero-order chi connectivity index (χ0) is 24.6. The van der Waals surface area contributed by atoms with Crippen molar-refractivity contribution in [1.82, 2.24) is 14.7 Å². The number of benzene rings is 2. The Hall–Kier alpha value is -3.06. The molecular weight excluding hydrogens is 440 g/mol. The largest absolute Gasteiger partial charge is 0.497 e. The summed E-state index contributed by atoms with van der Waals surface area (Å²) in [7, 11) is 5.44. The molecule has 0 atom stereocenters. The van der Waals surface area contributed by atoms with Gasteiger partial charge in [-0.3, -0.25) is 14.6 Å². The number of imide groups is 1. The van der Waals surface area contributed by atoms with Crippen molar-refractivity contribution in [2.75, 3.05) is 52.3 Å². The summed E-state index contributed by atoms with van der Waals surface area (Å²) in [4.78, 5) is 34.2. The highest BCUT2D eigenvalue weighted by Gasteiger charge is 2.56. The van der Waals surface area contributed by atoms with E-state index in [4.69, 9.17) is 4.74 Å². The fourth-order valence-corrected chi connectivity index (χ4v) is 5.98. The quantitative estimate of drug-likeness (QED) is 0.597. The monoisotopic (exact) mass is 476 g/mol. The van der Waals surface area contributed by atoms with E-state index in [1.807, 2.05) is 29.2 Å². The van der Waals surface area contributed by atoms with Crippen LogP contribution in [0.5, 0.6) is 5.75 Å². The lowest BCUT2D eigenvalue weighted by atomic mass is 9.85. The van der Waals surface area contributed by atoms with E-state index < -0.39 is 5.54 Å². The third kappa shape index (κ3) is 4.38. The number of hydrogen-bond donors (Lipinski definition) is 0. The van der Waals surface area contributed by atoms with Gasteiger partial charge in [-0.25, -0.2) is 4.79 Å². The van der Waals surface area contributed by atoms with Gasteiger partial charge in [0.2, 0.25) is 0 Å². The predicted molar refractivity (Wildman–Crippen MR) is 137 cm³/mol. The molecule has 2 aromatic rings. The molecule has 3 aliphatic rings. The molecule has 2 aromatic carbocycles. The van der Waals surface area contributed by atoms with E-state index in [1.54, 1.807) is 14.2 Å². The van der Waals surface area contributed by atoms with Crippen molar-refractivity contribution in [3.63, 3.8) is 0 Å². The summed E-state index contributed by atoms with van der Waals surface area (Å²) in [6, 6.07) is 14.6. The van der Waals surface area contributed by atoms with Gasteiger partial charge in [-0.05, 0) is 67.0 Å². The Kier molecular flexibility index (Phi) is 6.45. The molecule has 0 bridgehead atoms. The summed E-state index contributed by atoms with van der Waals surface area (Å²) < 4.78 is 5.24. The minimum atomic E-state index is -0.715. The molecule has 2 saturated heterocycles. The maximum Gasteiger partial charge on any atom is 0.327 e. The first kappa shape index (κ1) is 23.7. The number of likely N-dealkylation sites (N-methyl/N-ethyl adjacent to an activating group) is 1. The molecule has 0 aromatic heterocycles. The minimum Gasteiger partial charge on any atom is -0.497 e. The lowest BCUT2D eigenvalue weighted by Gasteiger charge is -2.42. The Morgan fingerprint density at radius 3 is 2.37 bits per heavy atom. The van der Waals surface area contributed by atoms with E-state index in [-0.39, 0.29) is 11.9 Å². The van der Waals surface area contributed by atoms with Gasteiger partial charge in [0, 0.05) is 52.5 Å². The van der Waals surface area contributed by atoms with Gasteiger partial charge in [-0.15, -0.1) is 0 Å². The summed E-state index contributed by atoms with van der Waals surface area (Å²) in [5.74, 6) is 0.768. The van der Waals surface area contributed by atoms with E-state index >= 15 is 0 Å². The molecule has 0 N–H and O–H groups in total. The van der Waals surface area contributed by atoms with Crippen molar-refractivity contribution < 1.29 is 14.3 Å². The second kappa shape index (κ2) is 9.53. The number of hydrogen-bond acceptors (Lipinski definition) is 5. The Bertz CT molecular complexity index is 1090. The minimum absolute atomic E-state index is 0.0475. The summed E-state index contributed by atoms with van der Waals surface area (Å²) in [6.07, 6.45) is 4.42. The molecule has 7 heteroatoms. The maximum atomic E-state index is 13.3. The fourth-order valence-electron chi connectivity index (χ4n) is 5.98. The SMILES string of the molecule is COc1ccc(CCN2C(=O)N(C)C(=O)C23CCN(Cc2ccc4c(c2)CCCN4C)CC3)cc1. The van der Waals surface area contributed by atoms with Crippen molar-refractivity contribution >= 4 is 17.6 Å². The van der Waals surface area contributed by atoms with E-state index in [0.717, 1.165) is 43.9 Å².